The van der Waals surface area contributed by atoms with Crippen molar-refractivity contribution in [2.45, 2.75) is 33.3 Å². The maximum atomic E-state index is 10.7. The summed E-state index contributed by atoms with van der Waals surface area (Å²) in [7, 11) is 0. The lowest BCUT2D eigenvalue weighted by atomic mass is 10.4. The molecule has 0 atom stereocenters. The van der Waals surface area contributed by atoms with E-state index in [1.165, 1.54) is 0 Å². The highest BCUT2D eigenvalue weighted by atomic mass is 16.5. The first-order chi connectivity index (χ1) is 4.66. The van der Waals surface area contributed by atoms with Crippen molar-refractivity contribution in [3.63, 3.8) is 0 Å². The van der Waals surface area contributed by atoms with Crippen molar-refractivity contribution in [1.82, 2.24) is 0 Å². The minimum atomic E-state index is -0.159. The van der Waals surface area contributed by atoms with Gasteiger partial charge in [-0.15, -0.1) is 0 Å². The van der Waals surface area contributed by atoms with Gasteiger partial charge in [-0.2, -0.15) is 0 Å². The molecule has 0 saturated heterocycles. The smallest absolute Gasteiger partial charge is 0.309 e. The summed E-state index contributed by atoms with van der Waals surface area (Å²) in [5.74, 6) is -0.159. The molecule has 0 saturated carbocycles. The summed E-state index contributed by atoms with van der Waals surface area (Å²) in [6.45, 7) is 5.56. The van der Waals surface area contributed by atoms with Crippen LogP contribution in [0, 0.1) is 0 Å². The van der Waals surface area contributed by atoms with E-state index in [4.69, 9.17) is 4.74 Å². The van der Waals surface area contributed by atoms with Crippen LogP contribution in [-0.2, 0) is 9.53 Å². The van der Waals surface area contributed by atoms with Crippen LogP contribution in [0.1, 0.15) is 27.2 Å². The monoisotopic (exact) mass is 142 g/mol. The number of rotatable bonds is 3. The number of ether oxygens (including phenoxy) is 1. The molecule has 0 radical (unpaired) electrons. The topological polar surface area (TPSA) is 26.3 Å². The SMILES string of the molecule is C/C=C/CC(=O)OC(C)C. The molecule has 0 N–H and O–H groups in total. The molecule has 10 heavy (non-hydrogen) atoms. The van der Waals surface area contributed by atoms with Crippen molar-refractivity contribution in [3.8, 4) is 0 Å². The Morgan fingerprint density at radius 2 is 2.20 bits per heavy atom. The molecule has 0 unspecified atom stereocenters. The first-order valence-electron chi connectivity index (χ1n) is 3.47. The first-order valence-corrected chi connectivity index (χ1v) is 3.47. The molecule has 58 valence electrons. The molecule has 0 aliphatic rings. The lowest BCUT2D eigenvalue weighted by molar-refractivity contribution is -0.146. The molecule has 0 aliphatic carbocycles. The van der Waals surface area contributed by atoms with Crippen molar-refractivity contribution in [1.29, 1.82) is 0 Å². The van der Waals surface area contributed by atoms with Gasteiger partial charge in [-0.05, 0) is 20.8 Å². The third-order valence-electron chi connectivity index (χ3n) is 0.887. The minimum Gasteiger partial charge on any atom is -0.463 e. The second-order valence-corrected chi connectivity index (χ2v) is 2.31. The van der Waals surface area contributed by atoms with E-state index in [9.17, 15) is 4.79 Å². The Hall–Kier alpha value is -0.790. The number of hydrogen-bond donors (Lipinski definition) is 0. The third-order valence-corrected chi connectivity index (χ3v) is 0.887. The molecule has 0 amide bonds. The quantitative estimate of drug-likeness (QED) is 0.444. The Balaban J connectivity index is 3.44. The zero-order valence-electron chi connectivity index (χ0n) is 6.76. The second-order valence-electron chi connectivity index (χ2n) is 2.31. The van der Waals surface area contributed by atoms with E-state index >= 15 is 0 Å². The summed E-state index contributed by atoms with van der Waals surface area (Å²) in [6.07, 6.45) is 4.00. The van der Waals surface area contributed by atoms with Crippen LogP contribution in [0.5, 0.6) is 0 Å². The Morgan fingerprint density at radius 3 is 2.60 bits per heavy atom. The van der Waals surface area contributed by atoms with E-state index < -0.39 is 0 Å². The molecule has 0 aromatic carbocycles. The fourth-order valence-corrected chi connectivity index (χ4v) is 0.525. The number of hydrogen-bond acceptors (Lipinski definition) is 2. The standard InChI is InChI=1S/C8H14O2/c1-4-5-6-8(9)10-7(2)3/h4-5,7H,6H2,1-3H3/b5-4+. The number of allylic oxidation sites excluding steroid dienone is 1. The van der Waals surface area contributed by atoms with Crippen LogP contribution in [-0.4, -0.2) is 12.1 Å². The lowest BCUT2D eigenvalue weighted by Crippen LogP contribution is -2.09. The molecule has 0 aromatic heterocycles. The molecule has 0 fully saturated rings. The van der Waals surface area contributed by atoms with Gasteiger partial charge in [0.25, 0.3) is 0 Å². The molecular formula is C8H14O2. The van der Waals surface area contributed by atoms with E-state index in [2.05, 4.69) is 0 Å². The second kappa shape index (κ2) is 5.03. The van der Waals surface area contributed by atoms with Gasteiger partial charge < -0.3 is 4.74 Å². The Bertz CT molecular complexity index is 125. The maximum Gasteiger partial charge on any atom is 0.309 e. The van der Waals surface area contributed by atoms with Gasteiger partial charge in [-0.25, -0.2) is 0 Å². The zero-order chi connectivity index (χ0) is 7.98. The number of carbonyl (C=O) groups is 1. The predicted octanol–water partition coefficient (Wildman–Crippen LogP) is 1.90. The Morgan fingerprint density at radius 1 is 1.60 bits per heavy atom. The molecule has 0 rings (SSSR count). The van der Waals surface area contributed by atoms with Gasteiger partial charge in [0.15, 0.2) is 0 Å². The fourth-order valence-electron chi connectivity index (χ4n) is 0.525. The van der Waals surface area contributed by atoms with Crippen LogP contribution in [0.25, 0.3) is 0 Å². The minimum absolute atomic E-state index is 0.00208. The summed E-state index contributed by atoms with van der Waals surface area (Å²) in [4.78, 5) is 10.7. The van der Waals surface area contributed by atoms with Gasteiger partial charge in [0, 0.05) is 0 Å². The molecule has 2 nitrogen and oxygen atoms in total. The van der Waals surface area contributed by atoms with Crippen LogP contribution in [0.2, 0.25) is 0 Å². The number of esters is 1. The average Bonchev–Trinajstić information content (AvgIpc) is 1.82. The molecule has 0 bridgehead atoms. The van der Waals surface area contributed by atoms with Crippen molar-refractivity contribution < 1.29 is 9.53 Å². The van der Waals surface area contributed by atoms with E-state index in [-0.39, 0.29) is 12.1 Å². The Kier molecular flexibility index (Phi) is 4.63. The zero-order valence-corrected chi connectivity index (χ0v) is 6.76. The van der Waals surface area contributed by atoms with Crippen LogP contribution in [0.3, 0.4) is 0 Å². The largest absolute Gasteiger partial charge is 0.463 e. The van der Waals surface area contributed by atoms with Gasteiger partial charge in [0.05, 0.1) is 12.5 Å². The average molecular weight is 142 g/mol. The Labute approximate surface area is 61.9 Å². The molecule has 0 heterocycles. The van der Waals surface area contributed by atoms with Crippen molar-refractivity contribution in [2.75, 3.05) is 0 Å². The van der Waals surface area contributed by atoms with E-state index in [0.717, 1.165) is 0 Å². The highest BCUT2D eigenvalue weighted by Gasteiger charge is 2.00. The summed E-state index contributed by atoms with van der Waals surface area (Å²) in [6, 6.07) is 0. The van der Waals surface area contributed by atoms with Crippen LogP contribution >= 0.6 is 0 Å². The van der Waals surface area contributed by atoms with Crippen molar-refractivity contribution in [2.24, 2.45) is 0 Å². The van der Waals surface area contributed by atoms with Crippen molar-refractivity contribution >= 4 is 5.97 Å². The van der Waals surface area contributed by atoms with Gasteiger partial charge in [-0.1, -0.05) is 12.2 Å². The molecule has 0 aromatic rings. The van der Waals surface area contributed by atoms with E-state index in [1.54, 1.807) is 6.08 Å². The summed E-state index contributed by atoms with van der Waals surface area (Å²) >= 11 is 0. The highest BCUT2D eigenvalue weighted by molar-refractivity contribution is 5.71. The van der Waals surface area contributed by atoms with Crippen LogP contribution in [0.15, 0.2) is 12.2 Å². The van der Waals surface area contributed by atoms with Gasteiger partial charge in [0.1, 0.15) is 0 Å². The first kappa shape index (κ1) is 9.21. The summed E-state index contributed by atoms with van der Waals surface area (Å²) in [5.41, 5.74) is 0. The lowest BCUT2D eigenvalue weighted by Gasteiger charge is -2.04. The van der Waals surface area contributed by atoms with E-state index in [1.807, 2.05) is 26.8 Å². The maximum absolute atomic E-state index is 10.7. The number of carbonyl (C=O) groups excluding carboxylic acids is 1. The van der Waals surface area contributed by atoms with Gasteiger partial charge >= 0.3 is 5.97 Å². The highest BCUT2D eigenvalue weighted by Crippen LogP contribution is 1.93. The van der Waals surface area contributed by atoms with Crippen LogP contribution in [0.4, 0.5) is 0 Å². The predicted molar refractivity (Wildman–Crippen MR) is 40.7 cm³/mol. The van der Waals surface area contributed by atoms with Gasteiger partial charge in [-0.3, -0.25) is 4.79 Å². The van der Waals surface area contributed by atoms with E-state index in [0.29, 0.717) is 6.42 Å². The molecule has 2 heteroatoms. The third kappa shape index (κ3) is 5.35. The molecule has 0 aliphatic heterocycles. The van der Waals surface area contributed by atoms with Crippen molar-refractivity contribution in [3.05, 3.63) is 12.2 Å². The fraction of sp³-hybridized carbons (Fsp3) is 0.625. The summed E-state index contributed by atoms with van der Waals surface area (Å²) < 4.78 is 4.86. The molecule has 0 spiro atoms. The summed E-state index contributed by atoms with van der Waals surface area (Å²) in [5, 5.41) is 0. The van der Waals surface area contributed by atoms with Gasteiger partial charge in [0.2, 0.25) is 0 Å². The van der Waals surface area contributed by atoms with Crippen LogP contribution < -0.4 is 0 Å². The normalized spacial score (nSPS) is 10.8. The molecular weight excluding hydrogens is 128 g/mol.